The van der Waals surface area contributed by atoms with Crippen LogP contribution < -0.4 is 14.5 Å². The van der Waals surface area contributed by atoms with Crippen LogP contribution in [0.3, 0.4) is 0 Å². The molecule has 0 bridgehead atoms. The number of Topliss-reactive ketones (excluding diaryl/α,β-unsaturated/α-hetero) is 1. The Hall–Kier alpha value is -2.12. The topological polar surface area (TPSA) is 56.1 Å². The Morgan fingerprint density at radius 3 is 2.56 bits per heavy atom. The predicted molar refractivity (Wildman–Crippen MR) is 98.7 cm³/mol. The molecular formula is C18H23N3O3S. The molecule has 1 aromatic heterocycles. The number of carbonyl (C=O) groups excluding carboxylic acids is 1. The van der Waals surface area contributed by atoms with Gasteiger partial charge in [0.25, 0.3) is 0 Å². The lowest BCUT2D eigenvalue weighted by molar-refractivity contribution is 0.101. The molecule has 1 aromatic carbocycles. The van der Waals surface area contributed by atoms with Crippen LogP contribution in [0.25, 0.3) is 0 Å². The van der Waals surface area contributed by atoms with Gasteiger partial charge in [-0.1, -0.05) is 11.3 Å². The second-order valence-electron chi connectivity index (χ2n) is 5.77. The van der Waals surface area contributed by atoms with Gasteiger partial charge in [0.1, 0.15) is 5.75 Å². The third kappa shape index (κ3) is 3.93. The summed E-state index contributed by atoms with van der Waals surface area (Å²) in [5.41, 5.74) is 1.77. The van der Waals surface area contributed by atoms with E-state index in [0.29, 0.717) is 19.8 Å². The highest BCUT2D eigenvalue weighted by atomic mass is 32.1. The lowest BCUT2D eigenvalue weighted by atomic mass is 10.3. The van der Waals surface area contributed by atoms with E-state index in [2.05, 4.69) is 9.69 Å². The number of nitrogens with zero attached hydrogens (tertiary/aromatic N) is 3. The van der Waals surface area contributed by atoms with E-state index in [0.717, 1.165) is 39.9 Å². The van der Waals surface area contributed by atoms with Crippen molar-refractivity contribution in [3.05, 3.63) is 39.6 Å². The lowest BCUT2D eigenvalue weighted by Gasteiger charge is -2.30. The van der Waals surface area contributed by atoms with Crippen molar-refractivity contribution in [2.45, 2.75) is 20.8 Å². The Morgan fingerprint density at radius 1 is 1.28 bits per heavy atom. The second kappa shape index (κ2) is 7.84. The number of hydrogen-bond acceptors (Lipinski definition) is 6. The summed E-state index contributed by atoms with van der Waals surface area (Å²) < 4.78 is 13.0. The fourth-order valence-electron chi connectivity index (χ4n) is 2.83. The fourth-order valence-corrected chi connectivity index (χ4v) is 3.88. The minimum atomic E-state index is 0.0673. The van der Waals surface area contributed by atoms with Gasteiger partial charge in [-0.05, 0) is 38.1 Å². The highest BCUT2D eigenvalue weighted by Crippen LogP contribution is 2.19. The molecular weight excluding hydrogens is 338 g/mol. The summed E-state index contributed by atoms with van der Waals surface area (Å²) in [7, 11) is 0. The first-order valence-electron chi connectivity index (χ1n) is 8.44. The summed E-state index contributed by atoms with van der Waals surface area (Å²) in [6.07, 6.45) is 0. The molecule has 1 aliphatic rings. The summed E-state index contributed by atoms with van der Waals surface area (Å²) in [6.45, 7) is 9.10. The van der Waals surface area contributed by atoms with Gasteiger partial charge in [0.05, 0.1) is 49.2 Å². The van der Waals surface area contributed by atoms with E-state index in [4.69, 9.17) is 14.5 Å². The second-order valence-corrected chi connectivity index (χ2v) is 6.75. The zero-order chi connectivity index (χ0) is 17.8. The zero-order valence-corrected chi connectivity index (χ0v) is 15.6. The maximum Gasteiger partial charge on any atom is 0.209 e. The average molecular weight is 361 g/mol. The molecule has 25 heavy (non-hydrogen) atoms. The van der Waals surface area contributed by atoms with E-state index in [1.54, 1.807) is 6.92 Å². The van der Waals surface area contributed by atoms with Crippen molar-refractivity contribution in [3.63, 3.8) is 0 Å². The molecule has 3 rings (SSSR count). The van der Waals surface area contributed by atoms with Gasteiger partial charge in [0.2, 0.25) is 4.80 Å². The van der Waals surface area contributed by atoms with Gasteiger partial charge in [-0.15, -0.1) is 0 Å². The van der Waals surface area contributed by atoms with Gasteiger partial charge >= 0.3 is 0 Å². The average Bonchev–Trinajstić information content (AvgIpc) is 2.94. The van der Waals surface area contributed by atoms with E-state index in [-0.39, 0.29) is 5.78 Å². The summed E-state index contributed by atoms with van der Waals surface area (Å²) >= 11 is 1.43. The van der Waals surface area contributed by atoms with Crippen LogP contribution >= 0.6 is 11.3 Å². The molecule has 6 nitrogen and oxygen atoms in total. The van der Waals surface area contributed by atoms with E-state index in [1.165, 1.54) is 11.3 Å². The minimum absolute atomic E-state index is 0.0673. The van der Waals surface area contributed by atoms with E-state index in [9.17, 15) is 4.79 Å². The van der Waals surface area contributed by atoms with Crippen molar-refractivity contribution >= 4 is 22.8 Å². The first-order valence-corrected chi connectivity index (χ1v) is 9.25. The predicted octanol–water partition coefficient (Wildman–Crippen LogP) is 2.66. The Kier molecular flexibility index (Phi) is 5.55. The largest absolute Gasteiger partial charge is 0.494 e. The summed E-state index contributed by atoms with van der Waals surface area (Å²) in [4.78, 5) is 18.3. The van der Waals surface area contributed by atoms with E-state index >= 15 is 0 Å². The molecule has 2 heterocycles. The number of thiazole rings is 1. The van der Waals surface area contributed by atoms with Crippen LogP contribution in [0, 0.1) is 6.92 Å². The zero-order valence-electron chi connectivity index (χ0n) is 14.8. The minimum Gasteiger partial charge on any atom is -0.494 e. The van der Waals surface area contributed by atoms with Gasteiger partial charge in [-0.25, -0.2) is 9.67 Å². The fraction of sp³-hybridized carbons (Fsp3) is 0.444. The third-order valence-corrected chi connectivity index (χ3v) is 5.22. The summed E-state index contributed by atoms with van der Waals surface area (Å²) in [5.74, 6) is 0.895. The number of ether oxygens (including phenoxy) is 2. The van der Waals surface area contributed by atoms with Crippen LogP contribution in [0.5, 0.6) is 5.75 Å². The molecule has 134 valence electrons. The van der Waals surface area contributed by atoms with Crippen LogP contribution in [0.2, 0.25) is 0 Å². The maximum absolute atomic E-state index is 12.0. The van der Waals surface area contributed by atoms with Crippen molar-refractivity contribution in [3.8, 4) is 5.75 Å². The first kappa shape index (κ1) is 17.7. The van der Waals surface area contributed by atoms with E-state index < -0.39 is 0 Å². The van der Waals surface area contributed by atoms with Gasteiger partial charge in [-0.3, -0.25) is 4.79 Å². The molecule has 0 amide bonds. The van der Waals surface area contributed by atoms with Crippen LogP contribution in [-0.2, 0) is 4.74 Å². The normalized spacial score (nSPS) is 15.5. The van der Waals surface area contributed by atoms with Crippen LogP contribution in [0.1, 0.15) is 29.2 Å². The Morgan fingerprint density at radius 2 is 1.96 bits per heavy atom. The quantitative estimate of drug-likeness (QED) is 0.769. The standard InChI is InChI=1S/C18H23N3O3S/c1-4-24-16-7-5-15(6-8-16)19-18-21(20-9-11-23-12-10-20)13(2)17(25-18)14(3)22/h5-8H,4,9-12H2,1-3H3. The van der Waals surface area contributed by atoms with Crippen molar-refractivity contribution in [2.75, 3.05) is 37.9 Å². The van der Waals surface area contributed by atoms with Crippen molar-refractivity contribution in [2.24, 2.45) is 4.99 Å². The molecule has 1 saturated heterocycles. The molecule has 1 fully saturated rings. The Labute approximate surface area is 151 Å². The van der Waals surface area contributed by atoms with Crippen molar-refractivity contribution < 1.29 is 14.3 Å². The van der Waals surface area contributed by atoms with E-state index in [1.807, 2.05) is 38.1 Å². The van der Waals surface area contributed by atoms with Gasteiger partial charge in [0, 0.05) is 6.92 Å². The molecule has 0 spiro atoms. The lowest BCUT2D eigenvalue weighted by Crippen LogP contribution is -2.48. The Balaban J connectivity index is 2.03. The number of carbonyl (C=O) groups is 1. The van der Waals surface area contributed by atoms with Gasteiger partial charge in [0.15, 0.2) is 5.78 Å². The molecule has 0 N–H and O–H groups in total. The Bertz CT molecular complexity index is 802. The number of hydrogen-bond donors (Lipinski definition) is 0. The van der Waals surface area contributed by atoms with Crippen LogP contribution in [0.4, 0.5) is 5.69 Å². The summed E-state index contributed by atoms with van der Waals surface area (Å²) in [6, 6.07) is 7.68. The van der Waals surface area contributed by atoms with Gasteiger partial charge < -0.3 is 14.5 Å². The number of morpholine rings is 1. The highest BCUT2D eigenvalue weighted by molar-refractivity contribution is 7.11. The van der Waals surface area contributed by atoms with Crippen molar-refractivity contribution in [1.82, 2.24) is 4.68 Å². The molecule has 0 saturated carbocycles. The first-order chi connectivity index (χ1) is 12.1. The molecule has 0 aliphatic carbocycles. The third-order valence-electron chi connectivity index (χ3n) is 3.98. The molecule has 0 atom stereocenters. The number of rotatable bonds is 5. The van der Waals surface area contributed by atoms with Crippen molar-refractivity contribution in [1.29, 1.82) is 0 Å². The maximum atomic E-state index is 12.0. The molecule has 1 aliphatic heterocycles. The molecule has 2 aromatic rings. The monoisotopic (exact) mass is 361 g/mol. The molecule has 0 radical (unpaired) electrons. The SMILES string of the molecule is CCOc1ccc(N=c2sc(C(C)=O)c(C)n2N2CCOCC2)cc1. The molecule has 7 heteroatoms. The molecule has 0 unspecified atom stereocenters. The highest BCUT2D eigenvalue weighted by Gasteiger charge is 2.19. The smallest absolute Gasteiger partial charge is 0.209 e. The van der Waals surface area contributed by atoms with Gasteiger partial charge in [-0.2, -0.15) is 0 Å². The number of aromatic nitrogens is 1. The number of ketones is 1. The number of benzene rings is 1. The van der Waals surface area contributed by atoms with Crippen LogP contribution in [-0.4, -0.2) is 43.4 Å². The van der Waals surface area contributed by atoms with Crippen LogP contribution in [0.15, 0.2) is 29.3 Å². The summed E-state index contributed by atoms with van der Waals surface area (Å²) in [5, 5.41) is 2.19.